The Balaban J connectivity index is 1.74. The molecule has 2 heterocycles. The van der Waals surface area contributed by atoms with Crippen LogP contribution in [0.15, 0.2) is 18.2 Å². The molecule has 4 nitrogen and oxygen atoms in total. The molecule has 128 valence electrons. The molecule has 0 radical (unpaired) electrons. The van der Waals surface area contributed by atoms with E-state index in [1.54, 1.807) is 0 Å². The molecule has 1 fully saturated rings. The van der Waals surface area contributed by atoms with E-state index in [1.165, 1.54) is 62.4 Å². The topological polar surface area (TPSA) is 45.3 Å². The van der Waals surface area contributed by atoms with Gasteiger partial charge in [0, 0.05) is 16.9 Å². The lowest BCUT2D eigenvalue weighted by Crippen LogP contribution is -2.46. The van der Waals surface area contributed by atoms with Crippen LogP contribution in [0.1, 0.15) is 60.1 Å². The number of carbonyl (C=O) groups is 1. The molecule has 4 heteroatoms. The van der Waals surface area contributed by atoms with E-state index >= 15 is 0 Å². The predicted molar refractivity (Wildman–Crippen MR) is 95.6 cm³/mol. The second kappa shape index (κ2) is 6.25. The summed E-state index contributed by atoms with van der Waals surface area (Å²) in [7, 11) is 1.43. The van der Waals surface area contributed by atoms with Gasteiger partial charge in [-0.25, -0.2) is 4.79 Å². The normalized spacial score (nSPS) is 23.8. The van der Waals surface area contributed by atoms with E-state index in [0.717, 1.165) is 11.9 Å². The van der Waals surface area contributed by atoms with Crippen LogP contribution in [-0.4, -0.2) is 42.1 Å². The maximum Gasteiger partial charge on any atom is 0.354 e. The molecule has 0 bridgehead atoms. The number of esters is 1. The van der Waals surface area contributed by atoms with Gasteiger partial charge in [0.25, 0.3) is 0 Å². The Morgan fingerprint density at radius 2 is 2.25 bits per heavy atom. The van der Waals surface area contributed by atoms with Crippen molar-refractivity contribution in [2.75, 3.05) is 20.2 Å². The van der Waals surface area contributed by atoms with Crippen LogP contribution in [-0.2, 0) is 11.2 Å². The third-order valence-electron chi connectivity index (χ3n) is 5.85. The number of carbonyl (C=O) groups excluding carboxylic acids is 1. The van der Waals surface area contributed by atoms with Gasteiger partial charge in [-0.05, 0) is 74.4 Å². The first-order chi connectivity index (χ1) is 11.7. The molecule has 2 aromatic rings. The van der Waals surface area contributed by atoms with E-state index in [1.807, 2.05) is 6.07 Å². The maximum atomic E-state index is 11.8. The molecule has 4 rings (SSSR count). The molecular formula is C20H26N2O2. The first-order valence-corrected chi connectivity index (χ1v) is 9.19. The number of nitrogens with zero attached hydrogens (tertiary/aromatic N) is 1. The molecule has 0 saturated carbocycles. The molecule has 1 aromatic heterocycles. The SMILES string of the molecule is CCCN1CCC[C@@H]2c3ccc4[nH]c(C(=O)OC)cc4c3CC[C@H]21. The number of H-pyrrole nitrogens is 1. The van der Waals surface area contributed by atoms with Crippen LogP contribution >= 0.6 is 0 Å². The summed E-state index contributed by atoms with van der Waals surface area (Å²) in [6.07, 6.45) is 6.15. The quantitative estimate of drug-likeness (QED) is 0.871. The Hall–Kier alpha value is -1.81. The van der Waals surface area contributed by atoms with Crippen LogP contribution in [0.25, 0.3) is 10.9 Å². The van der Waals surface area contributed by atoms with Crippen molar-refractivity contribution in [2.45, 2.75) is 51.0 Å². The molecular weight excluding hydrogens is 300 g/mol. The number of aromatic nitrogens is 1. The molecule has 1 aliphatic heterocycles. The van der Waals surface area contributed by atoms with Crippen molar-refractivity contribution in [1.29, 1.82) is 0 Å². The number of fused-ring (bicyclic) bond motifs is 5. The molecule has 0 spiro atoms. The second-order valence-electron chi connectivity index (χ2n) is 7.16. The van der Waals surface area contributed by atoms with Gasteiger partial charge in [-0.15, -0.1) is 0 Å². The molecule has 1 saturated heterocycles. The van der Waals surface area contributed by atoms with Gasteiger partial charge in [-0.2, -0.15) is 0 Å². The van der Waals surface area contributed by atoms with Crippen molar-refractivity contribution in [1.82, 2.24) is 9.88 Å². The highest BCUT2D eigenvalue weighted by Gasteiger charge is 2.36. The van der Waals surface area contributed by atoms with Gasteiger partial charge >= 0.3 is 5.97 Å². The van der Waals surface area contributed by atoms with Crippen LogP contribution in [0.4, 0.5) is 0 Å². The zero-order valence-corrected chi connectivity index (χ0v) is 14.6. The minimum Gasteiger partial charge on any atom is -0.464 e. The number of methoxy groups -OCH3 is 1. The third-order valence-corrected chi connectivity index (χ3v) is 5.85. The fourth-order valence-electron chi connectivity index (χ4n) is 4.86. The van der Waals surface area contributed by atoms with Crippen molar-refractivity contribution >= 4 is 16.9 Å². The Morgan fingerprint density at radius 3 is 3.04 bits per heavy atom. The van der Waals surface area contributed by atoms with Gasteiger partial charge in [-0.1, -0.05) is 13.0 Å². The fourth-order valence-corrected chi connectivity index (χ4v) is 4.86. The molecule has 1 aliphatic carbocycles. The van der Waals surface area contributed by atoms with Crippen molar-refractivity contribution in [2.24, 2.45) is 0 Å². The van der Waals surface area contributed by atoms with Crippen molar-refractivity contribution in [3.8, 4) is 0 Å². The lowest BCUT2D eigenvalue weighted by molar-refractivity contribution is 0.0595. The van der Waals surface area contributed by atoms with Crippen LogP contribution in [0.5, 0.6) is 0 Å². The first kappa shape index (κ1) is 15.7. The molecule has 1 N–H and O–H groups in total. The van der Waals surface area contributed by atoms with Gasteiger partial charge in [0.05, 0.1) is 7.11 Å². The van der Waals surface area contributed by atoms with E-state index in [-0.39, 0.29) is 5.97 Å². The molecule has 2 atom stereocenters. The lowest BCUT2D eigenvalue weighted by Gasteiger charge is -2.45. The molecule has 2 aliphatic rings. The number of aromatic amines is 1. The maximum absolute atomic E-state index is 11.8. The average molecular weight is 326 g/mol. The van der Waals surface area contributed by atoms with E-state index in [4.69, 9.17) is 4.74 Å². The number of nitrogens with one attached hydrogen (secondary N) is 1. The summed E-state index contributed by atoms with van der Waals surface area (Å²) in [4.78, 5) is 17.8. The van der Waals surface area contributed by atoms with Gasteiger partial charge in [-0.3, -0.25) is 4.90 Å². The number of likely N-dealkylation sites (tertiary alicyclic amines) is 1. The van der Waals surface area contributed by atoms with Gasteiger partial charge in [0.15, 0.2) is 0 Å². The third kappa shape index (κ3) is 2.44. The highest BCUT2D eigenvalue weighted by molar-refractivity contribution is 5.96. The van der Waals surface area contributed by atoms with Crippen LogP contribution in [0.3, 0.4) is 0 Å². The van der Waals surface area contributed by atoms with Crippen molar-refractivity contribution in [3.05, 3.63) is 35.0 Å². The molecule has 24 heavy (non-hydrogen) atoms. The Morgan fingerprint density at radius 1 is 1.38 bits per heavy atom. The summed E-state index contributed by atoms with van der Waals surface area (Å²) in [5.74, 6) is 0.357. The number of ether oxygens (including phenoxy) is 1. The van der Waals surface area contributed by atoms with E-state index < -0.39 is 0 Å². The summed E-state index contributed by atoms with van der Waals surface area (Å²) >= 11 is 0. The summed E-state index contributed by atoms with van der Waals surface area (Å²) in [5, 5.41) is 1.21. The Bertz CT molecular complexity index is 762. The van der Waals surface area contributed by atoms with Gasteiger partial charge < -0.3 is 9.72 Å². The van der Waals surface area contributed by atoms with E-state index in [9.17, 15) is 4.79 Å². The fraction of sp³-hybridized carbons (Fsp3) is 0.550. The van der Waals surface area contributed by atoms with Crippen LogP contribution in [0, 0.1) is 0 Å². The summed E-state index contributed by atoms with van der Waals surface area (Å²) < 4.78 is 4.86. The number of aryl methyl sites for hydroxylation is 1. The highest BCUT2D eigenvalue weighted by atomic mass is 16.5. The molecule has 1 aromatic carbocycles. The predicted octanol–water partition coefficient (Wildman–Crippen LogP) is 3.86. The van der Waals surface area contributed by atoms with Crippen molar-refractivity contribution < 1.29 is 9.53 Å². The Kier molecular flexibility index (Phi) is 4.09. The zero-order chi connectivity index (χ0) is 16.7. The van der Waals surface area contributed by atoms with Crippen LogP contribution in [0.2, 0.25) is 0 Å². The largest absolute Gasteiger partial charge is 0.464 e. The van der Waals surface area contributed by atoms with Crippen molar-refractivity contribution in [3.63, 3.8) is 0 Å². The average Bonchev–Trinajstić information content (AvgIpc) is 3.05. The number of hydrogen-bond donors (Lipinski definition) is 1. The Labute approximate surface area is 143 Å². The smallest absolute Gasteiger partial charge is 0.354 e. The molecule has 0 unspecified atom stereocenters. The number of hydrogen-bond acceptors (Lipinski definition) is 3. The van der Waals surface area contributed by atoms with E-state index in [0.29, 0.717) is 17.7 Å². The second-order valence-corrected chi connectivity index (χ2v) is 7.16. The lowest BCUT2D eigenvalue weighted by atomic mass is 9.73. The monoisotopic (exact) mass is 326 g/mol. The highest BCUT2D eigenvalue weighted by Crippen LogP contribution is 2.43. The minimum absolute atomic E-state index is 0.291. The zero-order valence-electron chi connectivity index (χ0n) is 14.6. The minimum atomic E-state index is -0.291. The van der Waals surface area contributed by atoms with Gasteiger partial charge in [0.1, 0.15) is 5.69 Å². The number of benzene rings is 1. The van der Waals surface area contributed by atoms with E-state index in [2.05, 4.69) is 28.9 Å². The molecule has 0 amide bonds. The number of rotatable bonds is 3. The number of piperidine rings is 1. The summed E-state index contributed by atoms with van der Waals surface area (Å²) in [6, 6.07) is 7.11. The summed E-state index contributed by atoms with van der Waals surface area (Å²) in [6.45, 7) is 4.75. The first-order valence-electron chi connectivity index (χ1n) is 9.19. The summed E-state index contributed by atoms with van der Waals surface area (Å²) in [5.41, 5.74) is 4.56. The van der Waals surface area contributed by atoms with Crippen LogP contribution < -0.4 is 0 Å². The van der Waals surface area contributed by atoms with Gasteiger partial charge in [0.2, 0.25) is 0 Å². The standard InChI is InChI=1S/C20H26N2O2/c1-3-10-22-11-4-5-15-13-6-8-17-16(14(13)7-9-19(15)22)12-18(21-17)20(23)24-2/h6,8,12,15,19,21H,3-5,7,9-11H2,1-2H3/t15-,19-/m1/s1.